The molecule has 0 aromatic heterocycles. The Morgan fingerprint density at radius 1 is 1.03 bits per heavy atom. The van der Waals surface area contributed by atoms with E-state index in [1.54, 1.807) is 0 Å². The summed E-state index contributed by atoms with van der Waals surface area (Å²) in [6.45, 7) is 15.6. The molecule has 0 aliphatic heterocycles. The number of allylic oxidation sites excluding steroid dienone is 2. The van der Waals surface area contributed by atoms with Gasteiger partial charge in [0.05, 0.1) is 6.67 Å². The second kappa shape index (κ2) is 11.3. The van der Waals surface area contributed by atoms with E-state index in [0.717, 1.165) is 24.6 Å². The van der Waals surface area contributed by atoms with Crippen LogP contribution >= 0.6 is 7.92 Å². The third kappa shape index (κ3) is 6.75. The van der Waals surface area contributed by atoms with Crippen molar-refractivity contribution in [2.24, 2.45) is 5.92 Å². The first-order valence-corrected chi connectivity index (χ1v) is 16.6. The van der Waals surface area contributed by atoms with Crippen molar-refractivity contribution in [3.8, 4) is 0 Å². The molecule has 2 aromatic rings. The summed E-state index contributed by atoms with van der Waals surface area (Å²) >= 11 is 0. The van der Waals surface area contributed by atoms with Crippen LogP contribution in [0.3, 0.4) is 0 Å². The van der Waals surface area contributed by atoms with Gasteiger partial charge in [-0.25, -0.2) is 0 Å². The summed E-state index contributed by atoms with van der Waals surface area (Å²) in [5, 5.41) is 2.92. The maximum atomic E-state index is 13.4. The van der Waals surface area contributed by atoms with Gasteiger partial charge in [0.15, 0.2) is 8.32 Å². The van der Waals surface area contributed by atoms with E-state index < -0.39 is 16.2 Å². The Hall–Kier alpha value is -1.54. The summed E-state index contributed by atoms with van der Waals surface area (Å²) in [5.74, 6) is 0.171. The number of halogens is 1. The lowest BCUT2D eigenvalue weighted by Crippen LogP contribution is -2.45. The number of alkyl halides is 1. The van der Waals surface area contributed by atoms with Crippen molar-refractivity contribution in [1.82, 2.24) is 0 Å². The van der Waals surface area contributed by atoms with Crippen LogP contribution in [-0.4, -0.2) is 27.3 Å². The van der Waals surface area contributed by atoms with E-state index in [4.69, 9.17) is 4.43 Å². The summed E-state index contributed by atoms with van der Waals surface area (Å²) in [6.07, 6.45) is 5.82. The van der Waals surface area contributed by atoms with Crippen molar-refractivity contribution in [1.29, 1.82) is 0 Å². The topological polar surface area (TPSA) is 9.23 Å². The first-order valence-electron chi connectivity index (χ1n) is 12.1. The predicted molar refractivity (Wildman–Crippen MR) is 147 cm³/mol. The molecule has 0 bridgehead atoms. The molecule has 1 fully saturated rings. The SMILES string of the molecule is C=C1/C(=C\CP(c2ccccc2)c2ccccc2)C[C@@H](O[Si](C)(C)C(C)(C)C)C[C@@H]1CCF. The fraction of sp³-hybridized carbons (Fsp3) is 0.448. The zero-order chi connectivity index (χ0) is 24.1. The molecular weight excluding hydrogens is 442 g/mol. The number of hydrogen-bond donors (Lipinski definition) is 0. The van der Waals surface area contributed by atoms with Crippen LogP contribution < -0.4 is 10.6 Å². The van der Waals surface area contributed by atoms with E-state index in [9.17, 15) is 4.39 Å². The van der Waals surface area contributed by atoms with Crippen molar-refractivity contribution in [2.45, 2.75) is 64.3 Å². The number of hydrogen-bond acceptors (Lipinski definition) is 1. The lowest BCUT2D eigenvalue weighted by Gasteiger charge is -2.42. The molecule has 0 amide bonds. The van der Waals surface area contributed by atoms with Gasteiger partial charge in [0.1, 0.15) is 0 Å². The molecule has 2 atom stereocenters. The zero-order valence-electron chi connectivity index (χ0n) is 21.0. The molecule has 1 aliphatic carbocycles. The van der Waals surface area contributed by atoms with Crippen LogP contribution in [0.2, 0.25) is 18.1 Å². The van der Waals surface area contributed by atoms with Gasteiger partial charge in [-0.05, 0) is 79.2 Å². The normalized spacial score (nSPS) is 21.1. The Balaban J connectivity index is 1.87. The summed E-state index contributed by atoms with van der Waals surface area (Å²) < 4.78 is 20.2. The highest BCUT2D eigenvalue weighted by Crippen LogP contribution is 2.43. The van der Waals surface area contributed by atoms with Crippen LogP contribution in [-0.2, 0) is 4.43 Å². The molecule has 33 heavy (non-hydrogen) atoms. The van der Waals surface area contributed by atoms with Crippen molar-refractivity contribution in [3.63, 3.8) is 0 Å². The summed E-state index contributed by atoms with van der Waals surface area (Å²) in [7, 11) is -2.39. The third-order valence-corrected chi connectivity index (χ3v) is 14.2. The molecule has 1 aliphatic rings. The van der Waals surface area contributed by atoms with E-state index in [2.05, 4.69) is 107 Å². The minimum Gasteiger partial charge on any atom is -0.414 e. The molecule has 1 nitrogen and oxygen atoms in total. The van der Waals surface area contributed by atoms with Crippen LogP contribution in [0.1, 0.15) is 40.0 Å². The van der Waals surface area contributed by atoms with Gasteiger partial charge >= 0.3 is 0 Å². The highest BCUT2D eigenvalue weighted by molar-refractivity contribution is 7.73. The second-order valence-electron chi connectivity index (χ2n) is 10.7. The summed E-state index contributed by atoms with van der Waals surface area (Å²) in [6, 6.07) is 21.6. The summed E-state index contributed by atoms with van der Waals surface area (Å²) in [5.41, 5.74) is 2.40. The van der Waals surface area contributed by atoms with Gasteiger partial charge < -0.3 is 4.43 Å². The molecular formula is C29H40FOPSi. The van der Waals surface area contributed by atoms with Gasteiger partial charge in [-0.15, -0.1) is 0 Å². The molecule has 0 heterocycles. The number of rotatable bonds is 8. The molecule has 0 N–H and O–H groups in total. The Kier molecular flexibility index (Phi) is 8.89. The van der Waals surface area contributed by atoms with Gasteiger partial charge in [0.2, 0.25) is 0 Å². The van der Waals surface area contributed by atoms with Gasteiger partial charge in [-0.1, -0.05) is 94.1 Å². The lowest BCUT2D eigenvalue weighted by atomic mass is 9.78. The minimum atomic E-state index is -1.89. The fourth-order valence-corrected chi connectivity index (χ4v) is 7.83. The highest BCUT2D eigenvalue weighted by atomic mass is 31.1. The van der Waals surface area contributed by atoms with Crippen LogP contribution in [0, 0.1) is 5.92 Å². The first kappa shape index (κ1) is 26.1. The van der Waals surface area contributed by atoms with Gasteiger partial charge in [0, 0.05) is 6.10 Å². The molecule has 0 radical (unpaired) electrons. The second-order valence-corrected chi connectivity index (χ2v) is 17.7. The average molecular weight is 483 g/mol. The lowest BCUT2D eigenvalue weighted by molar-refractivity contribution is 0.141. The molecule has 178 valence electrons. The first-order chi connectivity index (χ1) is 15.6. The maximum absolute atomic E-state index is 13.4. The number of benzene rings is 2. The molecule has 0 saturated heterocycles. The minimum absolute atomic E-state index is 0.152. The Bertz CT molecular complexity index is 894. The third-order valence-electron chi connectivity index (χ3n) is 7.28. The molecule has 2 aromatic carbocycles. The fourth-order valence-electron chi connectivity index (χ4n) is 4.28. The van der Waals surface area contributed by atoms with Crippen molar-refractivity contribution < 1.29 is 8.82 Å². The van der Waals surface area contributed by atoms with Crippen LogP contribution in [0.5, 0.6) is 0 Å². The molecule has 0 spiro atoms. The molecule has 0 unspecified atom stereocenters. The molecule has 1 saturated carbocycles. The van der Waals surface area contributed by atoms with E-state index in [1.165, 1.54) is 16.2 Å². The smallest absolute Gasteiger partial charge is 0.192 e. The van der Waals surface area contributed by atoms with Crippen molar-refractivity contribution in [3.05, 3.63) is 84.5 Å². The predicted octanol–water partition coefficient (Wildman–Crippen LogP) is 7.76. The van der Waals surface area contributed by atoms with E-state index in [1.807, 2.05) is 0 Å². The van der Waals surface area contributed by atoms with Crippen LogP contribution in [0.25, 0.3) is 0 Å². The standard InChI is InChI=1S/C29H40FOPSi/c1-23-24(17-19-30)21-26(31-33(5,6)29(2,3)4)22-25(23)18-20-32(27-13-9-7-10-14-27)28-15-11-8-12-16-28/h7-16,18,24,26H,1,17,19-22H2,2-6H3/b25-18-/t24-,26-/m0/s1. The molecule has 4 heteroatoms. The van der Waals surface area contributed by atoms with Crippen LogP contribution in [0.4, 0.5) is 4.39 Å². The van der Waals surface area contributed by atoms with E-state index >= 15 is 0 Å². The molecule has 3 rings (SSSR count). The van der Waals surface area contributed by atoms with E-state index in [0.29, 0.717) is 6.42 Å². The summed E-state index contributed by atoms with van der Waals surface area (Å²) in [4.78, 5) is 0. The average Bonchev–Trinajstić information content (AvgIpc) is 2.77. The quantitative estimate of drug-likeness (QED) is 0.276. The van der Waals surface area contributed by atoms with Crippen molar-refractivity contribution >= 4 is 26.8 Å². The Morgan fingerprint density at radius 2 is 1.58 bits per heavy atom. The monoisotopic (exact) mass is 482 g/mol. The Morgan fingerprint density at radius 3 is 2.06 bits per heavy atom. The zero-order valence-corrected chi connectivity index (χ0v) is 22.9. The van der Waals surface area contributed by atoms with E-state index in [-0.39, 0.29) is 23.7 Å². The van der Waals surface area contributed by atoms with Crippen molar-refractivity contribution in [2.75, 3.05) is 12.8 Å². The van der Waals surface area contributed by atoms with Gasteiger partial charge in [-0.3, -0.25) is 4.39 Å². The Labute approximate surface area is 203 Å². The maximum Gasteiger partial charge on any atom is 0.192 e. The van der Waals surface area contributed by atoms with Gasteiger partial charge in [0.25, 0.3) is 0 Å². The highest BCUT2D eigenvalue weighted by Gasteiger charge is 2.41. The largest absolute Gasteiger partial charge is 0.414 e. The van der Waals surface area contributed by atoms with Crippen LogP contribution in [0.15, 0.2) is 84.5 Å². The van der Waals surface area contributed by atoms with Gasteiger partial charge in [-0.2, -0.15) is 0 Å².